The lowest BCUT2D eigenvalue weighted by atomic mass is 10.1. The predicted molar refractivity (Wildman–Crippen MR) is 109 cm³/mol. The summed E-state index contributed by atoms with van der Waals surface area (Å²) in [7, 11) is 1.82. The standard InChI is InChI=1S/C21H36N4O/c1-5-6-7-12-23-21(22-4)24-13-19-8-10-20(11-9-19)16-25-14-17(2)26-18(3)15-25/h8-11,17-18H,5-7,12-16H2,1-4H3,(H2,22,23,24). The number of hydrogen-bond donors (Lipinski definition) is 2. The molecule has 1 aliphatic rings. The lowest BCUT2D eigenvalue weighted by molar-refractivity contribution is -0.0704. The number of morpholine rings is 1. The van der Waals surface area contributed by atoms with Crippen LogP contribution < -0.4 is 10.6 Å². The third-order valence-corrected chi connectivity index (χ3v) is 4.68. The van der Waals surface area contributed by atoms with Crippen LogP contribution in [-0.4, -0.2) is 49.7 Å². The molecule has 1 fully saturated rings. The molecule has 0 aliphatic carbocycles. The molecule has 146 valence electrons. The van der Waals surface area contributed by atoms with Crippen LogP contribution in [0.2, 0.25) is 0 Å². The van der Waals surface area contributed by atoms with E-state index in [0.29, 0.717) is 12.2 Å². The van der Waals surface area contributed by atoms with Gasteiger partial charge in [0.15, 0.2) is 5.96 Å². The van der Waals surface area contributed by atoms with Gasteiger partial charge in [0.25, 0.3) is 0 Å². The van der Waals surface area contributed by atoms with Gasteiger partial charge in [-0.2, -0.15) is 0 Å². The minimum Gasteiger partial charge on any atom is -0.373 e. The summed E-state index contributed by atoms with van der Waals surface area (Å²) in [4.78, 5) is 6.77. The smallest absolute Gasteiger partial charge is 0.191 e. The molecule has 1 heterocycles. The fraction of sp³-hybridized carbons (Fsp3) is 0.667. The molecule has 1 aliphatic heterocycles. The van der Waals surface area contributed by atoms with Gasteiger partial charge in [-0.1, -0.05) is 44.0 Å². The second-order valence-corrected chi connectivity index (χ2v) is 7.33. The Balaban J connectivity index is 1.76. The summed E-state index contributed by atoms with van der Waals surface area (Å²) in [6, 6.07) is 8.89. The molecule has 26 heavy (non-hydrogen) atoms. The number of benzene rings is 1. The van der Waals surface area contributed by atoms with Gasteiger partial charge < -0.3 is 15.4 Å². The summed E-state index contributed by atoms with van der Waals surface area (Å²) < 4.78 is 5.81. The Morgan fingerprint density at radius 1 is 1.08 bits per heavy atom. The first-order valence-corrected chi connectivity index (χ1v) is 10.0. The van der Waals surface area contributed by atoms with Crippen LogP contribution in [0.3, 0.4) is 0 Å². The van der Waals surface area contributed by atoms with E-state index < -0.39 is 0 Å². The van der Waals surface area contributed by atoms with Crippen molar-refractivity contribution in [1.29, 1.82) is 0 Å². The van der Waals surface area contributed by atoms with Crippen LogP contribution in [0.25, 0.3) is 0 Å². The number of aliphatic imine (C=N–C) groups is 1. The normalized spacial score (nSPS) is 21.6. The summed E-state index contributed by atoms with van der Waals surface area (Å²) in [5.41, 5.74) is 2.63. The fourth-order valence-electron chi connectivity index (χ4n) is 3.42. The highest BCUT2D eigenvalue weighted by molar-refractivity contribution is 5.79. The van der Waals surface area contributed by atoms with Gasteiger partial charge in [0.05, 0.1) is 12.2 Å². The van der Waals surface area contributed by atoms with Crippen molar-refractivity contribution in [2.75, 3.05) is 26.7 Å². The zero-order chi connectivity index (χ0) is 18.8. The third kappa shape index (κ3) is 7.34. The molecule has 2 rings (SSSR count). The summed E-state index contributed by atoms with van der Waals surface area (Å²) >= 11 is 0. The number of ether oxygens (including phenoxy) is 1. The van der Waals surface area contributed by atoms with Crippen LogP contribution in [0.1, 0.15) is 51.2 Å². The molecule has 2 atom stereocenters. The minimum absolute atomic E-state index is 0.318. The topological polar surface area (TPSA) is 48.9 Å². The number of hydrogen-bond acceptors (Lipinski definition) is 3. The molecule has 5 heteroatoms. The zero-order valence-electron chi connectivity index (χ0n) is 16.9. The van der Waals surface area contributed by atoms with Crippen molar-refractivity contribution in [3.63, 3.8) is 0 Å². The van der Waals surface area contributed by atoms with E-state index in [1.807, 2.05) is 7.05 Å². The Bertz CT molecular complexity index is 533. The summed E-state index contributed by atoms with van der Waals surface area (Å²) in [6.07, 6.45) is 4.32. The fourth-order valence-corrected chi connectivity index (χ4v) is 3.42. The Labute approximate surface area is 159 Å². The van der Waals surface area contributed by atoms with E-state index >= 15 is 0 Å². The lowest BCUT2D eigenvalue weighted by Gasteiger charge is -2.35. The van der Waals surface area contributed by atoms with Crippen molar-refractivity contribution in [3.8, 4) is 0 Å². The largest absolute Gasteiger partial charge is 0.373 e. The Kier molecular flexibility index (Phi) is 8.92. The van der Waals surface area contributed by atoms with E-state index in [9.17, 15) is 0 Å². The van der Waals surface area contributed by atoms with Crippen molar-refractivity contribution < 1.29 is 4.74 Å². The summed E-state index contributed by atoms with van der Waals surface area (Å²) in [5.74, 6) is 0.876. The van der Waals surface area contributed by atoms with E-state index in [1.165, 1.54) is 30.4 Å². The molecule has 0 radical (unpaired) electrons. The molecule has 2 N–H and O–H groups in total. The molecule has 2 unspecified atom stereocenters. The highest BCUT2D eigenvalue weighted by atomic mass is 16.5. The van der Waals surface area contributed by atoms with Crippen molar-refractivity contribution in [2.24, 2.45) is 4.99 Å². The average molecular weight is 361 g/mol. The maximum Gasteiger partial charge on any atom is 0.191 e. The highest BCUT2D eigenvalue weighted by Gasteiger charge is 2.21. The second-order valence-electron chi connectivity index (χ2n) is 7.33. The van der Waals surface area contributed by atoms with Crippen LogP contribution in [-0.2, 0) is 17.8 Å². The van der Waals surface area contributed by atoms with Gasteiger partial charge in [-0.25, -0.2) is 0 Å². The SMILES string of the molecule is CCCCCNC(=NC)NCc1ccc(CN2CC(C)OC(C)C2)cc1. The first-order valence-electron chi connectivity index (χ1n) is 10.0. The van der Waals surface area contributed by atoms with Gasteiger partial charge in [0, 0.05) is 39.8 Å². The van der Waals surface area contributed by atoms with Crippen molar-refractivity contribution in [2.45, 2.75) is 65.3 Å². The molecule has 1 aromatic carbocycles. The van der Waals surface area contributed by atoms with Crippen molar-refractivity contribution >= 4 is 5.96 Å². The lowest BCUT2D eigenvalue weighted by Crippen LogP contribution is -2.44. The summed E-state index contributed by atoms with van der Waals surface area (Å²) in [6.45, 7) is 11.3. The Morgan fingerprint density at radius 3 is 2.35 bits per heavy atom. The number of nitrogens with one attached hydrogen (secondary N) is 2. The number of rotatable bonds is 8. The molecule has 0 bridgehead atoms. The molecule has 5 nitrogen and oxygen atoms in total. The van der Waals surface area contributed by atoms with Crippen LogP contribution in [0.5, 0.6) is 0 Å². The molecule has 1 saturated heterocycles. The van der Waals surface area contributed by atoms with Gasteiger partial charge in [-0.15, -0.1) is 0 Å². The third-order valence-electron chi connectivity index (χ3n) is 4.68. The maximum absolute atomic E-state index is 5.81. The molecule has 0 saturated carbocycles. The highest BCUT2D eigenvalue weighted by Crippen LogP contribution is 2.14. The zero-order valence-corrected chi connectivity index (χ0v) is 16.9. The van der Waals surface area contributed by atoms with E-state index in [-0.39, 0.29) is 0 Å². The quantitative estimate of drug-likeness (QED) is 0.425. The molecule has 0 aromatic heterocycles. The molecule has 1 aromatic rings. The van der Waals surface area contributed by atoms with E-state index in [4.69, 9.17) is 4.74 Å². The van der Waals surface area contributed by atoms with Crippen LogP contribution in [0, 0.1) is 0 Å². The number of nitrogens with zero attached hydrogens (tertiary/aromatic N) is 2. The Morgan fingerprint density at radius 2 is 1.73 bits per heavy atom. The monoisotopic (exact) mass is 360 g/mol. The predicted octanol–water partition coefficient (Wildman–Crippen LogP) is 3.15. The molecular formula is C21H36N4O. The van der Waals surface area contributed by atoms with Gasteiger partial charge in [-0.3, -0.25) is 9.89 Å². The average Bonchev–Trinajstić information content (AvgIpc) is 2.61. The van der Waals surface area contributed by atoms with Gasteiger partial charge in [-0.05, 0) is 31.4 Å². The first kappa shape index (κ1) is 20.7. The minimum atomic E-state index is 0.318. The second kappa shape index (κ2) is 11.2. The molecule has 0 spiro atoms. The Hall–Kier alpha value is -1.59. The van der Waals surface area contributed by atoms with Crippen LogP contribution in [0.4, 0.5) is 0 Å². The number of unbranched alkanes of at least 4 members (excludes halogenated alkanes) is 2. The van der Waals surface area contributed by atoms with Crippen LogP contribution in [0.15, 0.2) is 29.3 Å². The van der Waals surface area contributed by atoms with Crippen molar-refractivity contribution in [3.05, 3.63) is 35.4 Å². The van der Waals surface area contributed by atoms with E-state index in [1.54, 1.807) is 0 Å². The first-order chi connectivity index (χ1) is 12.6. The van der Waals surface area contributed by atoms with Crippen LogP contribution >= 0.6 is 0 Å². The molecular weight excluding hydrogens is 324 g/mol. The van der Waals surface area contributed by atoms with Gasteiger partial charge >= 0.3 is 0 Å². The van der Waals surface area contributed by atoms with Crippen molar-refractivity contribution in [1.82, 2.24) is 15.5 Å². The number of guanidine groups is 1. The van der Waals surface area contributed by atoms with Gasteiger partial charge in [0.1, 0.15) is 0 Å². The van der Waals surface area contributed by atoms with E-state index in [0.717, 1.165) is 38.7 Å². The van der Waals surface area contributed by atoms with E-state index in [2.05, 4.69) is 65.6 Å². The maximum atomic E-state index is 5.81. The van der Waals surface area contributed by atoms with Gasteiger partial charge in [0.2, 0.25) is 0 Å². The molecule has 0 amide bonds. The summed E-state index contributed by atoms with van der Waals surface area (Å²) in [5, 5.41) is 6.76.